The maximum Gasteiger partial charge on any atom is 0.269 e. The molecule has 1 aliphatic heterocycles. The van der Waals surface area contributed by atoms with E-state index in [4.69, 9.17) is 11.6 Å². The standard InChI is InChI=1S/C24H28ClN3O3/c1-19-12-14-26(15-13-19)16-17-27(18-21-2-7-22(25)8-3-21)24(29)11-6-20-4-9-23(10-5-20)28(30)31/h2-11,19H,12-18H2,1H3/b11-6+. The van der Waals surface area contributed by atoms with Gasteiger partial charge in [-0.05, 0) is 73.3 Å². The topological polar surface area (TPSA) is 66.7 Å². The van der Waals surface area contributed by atoms with Gasteiger partial charge in [-0.2, -0.15) is 0 Å². The molecule has 164 valence electrons. The Labute approximate surface area is 188 Å². The lowest BCUT2D eigenvalue weighted by Gasteiger charge is -2.32. The van der Waals surface area contributed by atoms with E-state index in [-0.39, 0.29) is 11.6 Å². The Balaban J connectivity index is 1.66. The van der Waals surface area contributed by atoms with Gasteiger partial charge < -0.3 is 9.80 Å². The number of benzene rings is 2. The second-order valence-electron chi connectivity index (χ2n) is 8.09. The lowest BCUT2D eigenvalue weighted by molar-refractivity contribution is -0.384. The summed E-state index contributed by atoms with van der Waals surface area (Å²) in [7, 11) is 0. The van der Waals surface area contributed by atoms with Crippen LogP contribution in [0.5, 0.6) is 0 Å². The first kappa shape index (κ1) is 23.0. The molecule has 1 amide bonds. The minimum absolute atomic E-state index is 0.0312. The Morgan fingerprint density at radius 3 is 2.42 bits per heavy atom. The molecule has 1 heterocycles. The van der Waals surface area contributed by atoms with Gasteiger partial charge in [0.25, 0.3) is 5.69 Å². The van der Waals surface area contributed by atoms with Crippen LogP contribution in [0.1, 0.15) is 30.9 Å². The van der Waals surface area contributed by atoms with Gasteiger partial charge in [0.15, 0.2) is 0 Å². The molecule has 0 bridgehead atoms. The van der Waals surface area contributed by atoms with Gasteiger partial charge in [0.05, 0.1) is 4.92 Å². The van der Waals surface area contributed by atoms with Crippen LogP contribution in [-0.4, -0.2) is 46.8 Å². The molecule has 1 aliphatic rings. The predicted molar refractivity (Wildman–Crippen MR) is 124 cm³/mol. The minimum atomic E-state index is -0.437. The molecule has 31 heavy (non-hydrogen) atoms. The SMILES string of the molecule is CC1CCN(CCN(Cc2ccc(Cl)cc2)C(=O)/C=C/c2ccc([N+](=O)[O-])cc2)CC1. The fraction of sp³-hybridized carbons (Fsp3) is 0.375. The number of halogens is 1. The van der Waals surface area contributed by atoms with Gasteiger partial charge in [-0.3, -0.25) is 14.9 Å². The predicted octanol–water partition coefficient (Wildman–Crippen LogP) is 5.02. The highest BCUT2D eigenvalue weighted by atomic mass is 35.5. The number of rotatable bonds is 8. The van der Waals surface area contributed by atoms with E-state index in [0.29, 0.717) is 18.1 Å². The molecule has 0 aromatic heterocycles. The maximum absolute atomic E-state index is 13.0. The van der Waals surface area contributed by atoms with Gasteiger partial charge in [-0.15, -0.1) is 0 Å². The zero-order valence-electron chi connectivity index (χ0n) is 17.7. The van der Waals surface area contributed by atoms with Crippen LogP contribution < -0.4 is 0 Å². The molecule has 0 radical (unpaired) electrons. The molecule has 2 aromatic rings. The summed E-state index contributed by atoms with van der Waals surface area (Å²) in [6, 6.07) is 13.7. The quantitative estimate of drug-likeness (QED) is 0.327. The van der Waals surface area contributed by atoms with Crippen molar-refractivity contribution in [2.24, 2.45) is 5.92 Å². The fourth-order valence-electron chi connectivity index (χ4n) is 3.61. The van der Waals surface area contributed by atoms with Crippen LogP contribution >= 0.6 is 11.6 Å². The van der Waals surface area contributed by atoms with Gasteiger partial charge in [0.2, 0.25) is 5.91 Å². The Bertz CT molecular complexity index is 905. The monoisotopic (exact) mass is 441 g/mol. The molecular formula is C24H28ClN3O3. The third-order valence-electron chi connectivity index (χ3n) is 5.68. The van der Waals surface area contributed by atoms with E-state index in [1.54, 1.807) is 18.2 Å². The van der Waals surface area contributed by atoms with Crippen molar-refractivity contribution in [3.63, 3.8) is 0 Å². The highest BCUT2D eigenvalue weighted by Crippen LogP contribution is 2.17. The van der Waals surface area contributed by atoms with Crippen LogP contribution in [0, 0.1) is 16.0 Å². The van der Waals surface area contributed by atoms with Gasteiger partial charge in [0.1, 0.15) is 0 Å². The van der Waals surface area contributed by atoms with E-state index in [1.165, 1.54) is 31.1 Å². The lowest BCUT2D eigenvalue weighted by atomic mass is 9.99. The summed E-state index contributed by atoms with van der Waals surface area (Å²) in [5, 5.41) is 11.5. The van der Waals surface area contributed by atoms with Crippen molar-refractivity contribution in [1.29, 1.82) is 0 Å². The first-order valence-corrected chi connectivity index (χ1v) is 11.0. The van der Waals surface area contributed by atoms with Crippen LogP contribution in [-0.2, 0) is 11.3 Å². The molecule has 0 atom stereocenters. The number of carbonyl (C=O) groups is 1. The van der Waals surface area contributed by atoms with Gasteiger partial charge in [0, 0.05) is 42.9 Å². The van der Waals surface area contributed by atoms with Crippen molar-refractivity contribution in [2.75, 3.05) is 26.2 Å². The van der Waals surface area contributed by atoms with Gasteiger partial charge >= 0.3 is 0 Å². The lowest BCUT2D eigenvalue weighted by Crippen LogP contribution is -2.40. The number of nitro groups is 1. The molecule has 0 N–H and O–H groups in total. The molecule has 0 spiro atoms. The largest absolute Gasteiger partial charge is 0.334 e. The number of hydrogen-bond acceptors (Lipinski definition) is 4. The number of hydrogen-bond donors (Lipinski definition) is 0. The van der Waals surface area contributed by atoms with Crippen LogP contribution in [0.4, 0.5) is 5.69 Å². The number of non-ortho nitro benzene ring substituents is 1. The molecule has 0 saturated carbocycles. The number of amides is 1. The Hall–Kier alpha value is -2.70. The number of piperidine rings is 1. The molecule has 2 aromatic carbocycles. The first-order chi connectivity index (χ1) is 14.9. The summed E-state index contributed by atoms with van der Waals surface area (Å²) in [5.74, 6) is 0.686. The highest BCUT2D eigenvalue weighted by molar-refractivity contribution is 6.30. The first-order valence-electron chi connectivity index (χ1n) is 10.6. The summed E-state index contributed by atoms with van der Waals surface area (Å²) in [6.07, 6.45) is 5.63. The zero-order chi connectivity index (χ0) is 22.2. The summed E-state index contributed by atoms with van der Waals surface area (Å²) in [5.41, 5.74) is 1.80. The molecule has 7 heteroatoms. The zero-order valence-corrected chi connectivity index (χ0v) is 18.5. The third kappa shape index (κ3) is 7.19. The van der Waals surface area contributed by atoms with E-state index >= 15 is 0 Å². The number of carbonyl (C=O) groups excluding carboxylic acids is 1. The van der Waals surface area contributed by atoms with Crippen molar-refractivity contribution < 1.29 is 9.72 Å². The van der Waals surface area contributed by atoms with Gasteiger partial charge in [-0.25, -0.2) is 0 Å². The summed E-state index contributed by atoms with van der Waals surface area (Å²) < 4.78 is 0. The van der Waals surface area contributed by atoms with E-state index in [9.17, 15) is 14.9 Å². The molecule has 0 unspecified atom stereocenters. The van der Waals surface area contributed by atoms with E-state index in [1.807, 2.05) is 29.2 Å². The highest BCUT2D eigenvalue weighted by Gasteiger charge is 2.18. The maximum atomic E-state index is 13.0. The van der Waals surface area contributed by atoms with Crippen LogP contribution in [0.3, 0.4) is 0 Å². The molecule has 6 nitrogen and oxygen atoms in total. The van der Waals surface area contributed by atoms with Crippen molar-refractivity contribution in [3.05, 3.63) is 80.9 Å². The van der Waals surface area contributed by atoms with E-state index in [2.05, 4.69) is 11.8 Å². The van der Waals surface area contributed by atoms with Crippen molar-refractivity contribution in [2.45, 2.75) is 26.3 Å². The van der Waals surface area contributed by atoms with Crippen molar-refractivity contribution in [3.8, 4) is 0 Å². The number of nitrogens with zero attached hydrogens (tertiary/aromatic N) is 3. The van der Waals surface area contributed by atoms with Crippen LogP contribution in [0.15, 0.2) is 54.6 Å². The average Bonchev–Trinajstić information content (AvgIpc) is 2.77. The van der Waals surface area contributed by atoms with Crippen molar-refractivity contribution >= 4 is 29.3 Å². The third-order valence-corrected chi connectivity index (χ3v) is 5.94. The molecule has 0 aliphatic carbocycles. The summed E-state index contributed by atoms with van der Waals surface area (Å²) >= 11 is 5.99. The Kier molecular flexibility index (Phi) is 8.20. The fourth-order valence-corrected chi connectivity index (χ4v) is 3.73. The van der Waals surface area contributed by atoms with Gasteiger partial charge in [-0.1, -0.05) is 30.7 Å². The van der Waals surface area contributed by atoms with Crippen LogP contribution in [0.25, 0.3) is 6.08 Å². The van der Waals surface area contributed by atoms with E-state index in [0.717, 1.165) is 36.7 Å². The van der Waals surface area contributed by atoms with E-state index < -0.39 is 4.92 Å². The smallest absolute Gasteiger partial charge is 0.269 e. The molecule has 1 saturated heterocycles. The van der Waals surface area contributed by atoms with Crippen molar-refractivity contribution in [1.82, 2.24) is 9.80 Å². The summed E-state index contributed by atoms with van der Waals surface area (Å²) in [6.45, 7) is 6.42. The molecular weight excluding hydrogens is 414 g/mol. The summed E-state index contributed by atoms with van der Waals surface area (Å²) in [4.78, 5) is 27.6. The normalized spacial score (nSPS) is 15.3. The Morgan fingerprint density at radius 1 is 1.16 bits per heavy atom. The molecule has 1 fully saturated rings. The second-order valence-corrected chi connectivity index (χ2v) is 8.53. The Morgan fingerprint density at radius 2 is 1.81 bits per heavy atom. The average molecular weight is 442 g/mol. The second kappa shape index (κ2) is 11.1. The number of likely N-dealkylation sites (tertiary alicyclic amines) is 1. The molecule has 3 rings (SSSR count). The number of nitro benzene ring substituents is 1. The minimum Gasteiger partial charge on any atom is -0.334 e. The van der Waals surface area contributed by atoms with Crippen LogP contribution in [0.2, 0.25) is 5.02 Å².